The standard InChI is InChI=1S/C15H23N5O2/c16-12-4-1-2-6-19(15(12)22)10-14(21)18-9-11-8-17-13-5-3-7-20(11)13/h8,12H,1-7,9-10,16H2,(H,18,21). The summed E-state index contributed by atoms with van der Waals surface area (Å²) in [4.78, 5) is 30.1. The van der Waals surface area contributed by atoms with Gasteiger partial charge in [0.15, 0.2) is 0 Å². The first-order valence-corrected chi connectivity index (χ1v) is 7.99. The Balaban J connectivity index is 1.52. The van der Waals surface area contributed by atoms with E-state index in [1.165, 1.54) is 0 Å². The van der Waals surface area contributed by atoms with Crippen molar-refractivity contribution in [2.24, 2.45) is 5.73 Å². The molecule has 2 amide bonds. The number of carbonyl (C=O) groups is 2. The third-order valence-corrected chi connectivity index (χ3v) is 4.43. The van der Waals surface area contributed by atoms with Crippen LogP contribution >= 0.6 is 0 Å². The van der Waals surface area contributed by atoms with Crippen molar-refractivity contribution in [1.82, 2.24) is 19.8 Å². The van der Waals surface area contributed by atoms with Crippen molar-refractivity contribution in [2.75, 3.05) is 13.1 Å². The highest BCUT2D eigenvalue weighted by atomic mass is 16.2. The molecule has 1 fully saturated rings. The molecule has 1 saturated heterocycles. The molecule has 7 nitrogen and oxygen atoms in total. The minimum Gasteiger partial charge on any atom is -0.349 e. The van der Waals surface area contributed by atoms with Gasteiger partial charge in [0.2, 0.25) is 11.8 Å². The van der Waals surface area contributed by atoms with E-state index < -0.39 is 6.04 Å². The zero-order chi connectivity index (χ0) is 15.5. The van der Waals surface area contributed by atoms with E-state index in [0.717, 1.165) is 43.7 Å². The van der Waals surface area contributed by atoms with E-state index in [9.17, 15) is 9.59 Å². The van der Waals surface area contributed by atoms with Crippen molar-refractivity contribution < 1.29 is 9.59 Å². The van der Waals surface area contributed by atoms with Crippen LogP contribution in [-0.4, -0.2) is 45.4 Å². The van der Waals surface area contributed by atoms with Crippen LogP contribution in [0.1, 0.15) is 37.2 Å². The summed E-state index contributed by atoms with van der Waals surface area (Å²) < 4.78 is 2.16. The lowest BCUT2D eigenvalue weighted by molar-refractivity contribution is -0.136. The van der Waals surface area contributed by atoms with E-state index in [0.29, 0.717) is 19.5 Å². The number of carbonyl (C=O) groups excluding carboxylic acids is 2. The Morgan fingerprint density at radius 2 is 2.23 bits per heavy atom. The first-order valence-electron chi connectivity index (χ1n) is 7.99. The molecule has 2 aliphatic heterocycles. The average molecular weight is 305 g/mol. The molecule has 3 N–H and O–H groups in total. The number of nitrogens with zero attached hydrogens (tertiary/aromatic N) is 3. The van der Waals surface area contributed by atoms with E-state index in [-0.39, 0.29) is 18.4 Å². The third kappa shape index (κ3) is 3.14. The molecule has 0 bridgehead atoms. The molecule has 0 aromatic carbocycles. The predicted octanol–water partition coefficient (Wildman–Crippen LogP) is -0.215. The van der Waals surface area contributed by atoms with Gasteiger partial charge in [0.05, 0.1) is 31.0 Å². The van der Waals surface area contributed by atoms with E-state index >= 15 is 0 Å². The molecule has 0 spiro atoms. The number of fused-ring (bicyclic) bond motifs is 1. The fourth-order valence-corrected chi connectivity index (χ4v) is 3.17. The van der Waals surface area contributed by atoms with Gasteiger partial charge in [0.25, 0.3) is 0 Å². The fraction of sp³-hybridized carbons (Fsp3) is 0.667. The van der Waals surface area contributed by atoms with Crippen LogP contribution in [-0.2, 0) is 29.1 Å². The van der Waals surface area contributed by atoms with Crippen LogP contribution in [0.5, 0.6) is 0 Å². The number of imidazole rings is 1. The first-order chi connectivity index (χ1) is 10.6. The smallest absolute Gasteiger partial charge is 0.239 e. The summed E-state index contributed by atoms with van der Waals surface area (Å²) >= 11 is 0. The maximum absolute atomic E-state index is 12.1. The second-order valence-electron chi connectivity index (χ2n) is 6.06. The average Bonchev–Trinajstić information content (AvgIpc) is 3.07. The number of aromatic nitrogens is 2. The molecule has 0 saturated carbocycles. The van der Waals surface area contributed by atoms with Crippen molar-refractivity contribution in [3.8, 4) is 0 Å². The maximum atomic E-state index is 12.1. The van der Waals surface area contributed by atoms with Crippen molar-refractivity contribution in [2.45, 2.75) is 51.2 Å². The molecule has 3 heterocycles. The fourth-order valence-electron chi connectivity index (χ4n) is 3.17. The number of hydrogen-bond donors (Lipinski definition) is 2. The van der Waals surface area contributed by atoms with E-state index in [2.05, 4.69) is 14.9 Å². The quantitative estimate of drug-likeness (QED) is 0.804. The van der Waals surface area contributed by atoms with Gasteiger partial charge in [-0.05, 0) is 25.7 Å². The molecule has 1 aromatic heterocycles. The lowest BCUT2D eigenvalue weighted by Crippen LogP contribution is -2.46. The molecule has 1 unspecified atom stereocenters. The van der Waals surface area contributed by atoms with Crippen LogP contribution in [0.25, 0.3) is 0 Å². The van der Waals surface area contributed by atoms with Gasteiger partial charge < -0.3 is 20.5 Å². The first kappa shape index (κ1) is 15.0. The van der Waals surface area contributed by atoms with Crippen LogP contribution in [0.2, 0.25) is 0 Å². The molecule has 0 radical (unpaired) electrons. The molecule has 7 heteroatoms. The van der Waals surface area contributed by atoms with Crippen LogP contribution in [0, 0.1) is 0 Å². The van der Waals surface area contributed by atoms with E-state index in [1.807, 2.05) is 6.20 Å². The summed E-state index contributed by atoms with van der Waals surface area (Å²) in [6, 6.07) is -0.464. The van der Waals surface area contributed by atoms with Crippen molar-refractivity contribution in [3.05, 3.63) is 17.7 Å². The lowest BCUT2D eigenvalue weighted by Gasteiger charge is -2.22. The monoisotopic (exact) mass is 305 g/mol. The van der Waals surface area contributed by atoms with Crippen molar-refractivity contribution in [3.63, 3.8) is 0 Å². The highest BCUT2D eigenvalue weighted by Gasteiger charge is 2.25. The number of aryl methyl sites for hydroxylation is 1. The van der Waals surface area contributed by atoms with Gasteiger partial charge in [-0.25, -0.2) is 4.98 Å². The van der Waals surface area contributed by atoms with Gasteiger partial charge in [-0.3, -0.25) is 9.59 Å². The number of nitrogens with one attached hydrogen (secondary N) is 1. The number of nitrogens with two attached hydrogens (primary N) is 1. The van der Waals surface area contributed by atoms with Gasteiger partial charge in [-0.15, -0.1) is 0 Å². The molecule has 120 valence electrons. The largest absolute Gasteiger partial charge is 0.349 e. The maximum Gasteiger partial charge on any atom is 0.239 e. The predicted molar refractivity (Wildman–Crippen MR) is 80.8 cm³/mol. The van der Waals surface area contributed by atoms with Gasteiger partial charge >= 0.3 is 0 Å². The zero-order valence-electron chi connectivity index (χ0n) is 12.8. The second kappa shape index (κ2) is 6.48. The zero-order valence-corrected chi connectivity index (χ0v) is 12.8. The summed E-state index contributed by atoms with van der Waals surface area (Å²) in [5.41, 5.74) is 6.85. The Bertz CT molecular complexity index is 568. The molecular weight excluding hydrogens is 282 g/mol. The number of rotatable bonds is 4. The molecule has 22 heavy (non-hydrogen) atoms. The SMILES string of the molecule is NC1CCCCN(CC(=O)NCc2cnc3n2CCC3)C1=O. The topological polar surface area (TPSA) is 93.2 Å². The van der Waals surface area contributed by atoms with Crippen LogP contribution in [0.3, 0.4) is 0 Å². The summed E-state index contributed by atoms with van der Waals surface area (Å²) in [6.07, 6.45) is 6.49. The third-order valence-electron chi connectivity index (χ3n) is 4.43. The van der Waals surface area contributed by atoms with Gasteiger partial charge in [0, 0.05) is 19.5 Å². The van der Waals surface area contributed by atoms with Crippen LogP contribution < -0.4 is 11.1 Å². The Morgan fingerprint density at radius 3 is 3.09 bits per heavy atom. The Labute approximate surface area is 129 Å². The summed E-state index contributed by atoms with van der Waals surface area (Å²) in [6.45, 7) is 2.13. The van der Waals surface area contributed by atoms with Crippen molar-refractivity contribution >= 4 is 11.8 Å². The van der Waals surface area contributed by atoms with Crippen LogP contribution in [0.15, 0.2) is 6.20 Å². The molecular formula is C15H23N5O2. The second-order valence-corrected chi connectivity index (χ2v) is 6.06. The Hall–Kier alpha value is -1.89. The summed E-state index contributed by atoms with van der Waals surface area (Å²) in [5, 5.41) is 2.88. The number of likely N-dealkylation sites (tertiary alicyclic amines) is 1. The molecule has 3 rings (SSSR count). The van der Waals surface area contributed by atoms with Crippen molar-refractivity contribution in [1.29, 1.82) is 0 Å². The highest BCUT2D eigenvalue weighted by molar-refractivity contribution is 5.87. The summed E-state index contributed by atoms with van der Waals surface area (Å²) in [5.74, 6) is 0.840. The normalized spacial score (nSPS) is 21.6. The molecule has 2 aliphatic rings. The minimum absolute atomic E-state index is 0.0908. The van der Waals surface area contributed by atoms with E-state index in [1.54, 1.807) is 4.90 Å². The molecule has 1 atom stereocenters. The Kier molecular flexibility index (Phi) is 4.42. The van der Waals surface area contributed by atoms with Gasteiger partial charge in [0.1, 0.15) is 5.82 Å². The highest BCUT2D eigenvalue weighted by Crippen LogP contribution is 2.16. The van der Waals surface area contributed by atoms with Gasteiger partial charge in [-0.2, -0.15) is 0 Å². The van der Waals surface area contributed by atoms with E-state index in [4.69, 9.17) is 5.73 Å². The van der Waals surface area contributed by atoms with Gasteiger partial charge in [-0.1, -0.05) is 0 Å². The minimum atomic E-state index is -0.464. The number of amides is 2. The molecule has 1 aromatic rings. The number of hydrogen-bond acceptors (Lipinski definition) is 4. The lowest BCUT2D eigenvalue weighted by atomic mass is 10.1. The Morgan fingerprint density at radius 1 is 1.36 bits per heavy atom. The molecule has 0 aliphatic carbocycles. The van der Waals surface area contributed by atoms with Crippen LogP contribution in [0.4, 0.5) is 0 Å². The summed E-state index contributed by atoms with van der Waals surface area (Å²) in [7, 11) is 0.